The molecule has 0 atom stereocenters. The average molecular weight is 434 g/mol. The van der Waals surface area contributed by atoms with Gasteiger partial charge in [-0.3, -0.25) is 4.79 Å². The number of rotatable bonds is 4. The Morgan fingerprint density at radius 2 is 2.04 bits per heavy atom. The van der Waals surface area contributed by atoms with E-state index in [9.17, 15) is 10.1 Å². The number of furan rings is 1. The fourth-order valence-electron chi connectivity index (χ4n) is 2.68. The van der Waals surface area contributed by atoms with Crippen LogP contribution in [-0.2, 0) is 0 Å². The predicted molar refractivity (Wildman–Crippen MR) is 108 cm³/mol. The van der Waals surface area contributed by atoms with E-state index in [0.717, 1.165) is 15.6 Å². The van der Waals surface area contributed by atoms with E-state index < -0.39 is 5.91 Å². The number of nitrogens with one attached hydrogen (secondary N) is 1. The Labute approximate surface area is 167 Å². The summed E-state index contributed by atoms with van der Waals surface area (Å²) in [5, 5.41) is 9.53. The Morgan fingerprint density at radius 3 is 2.75 bits per heavy atom. The van der Waals surface area contributed by atoms with Gasteiger partial charge in [0.05, 0.1) is 11.1 Å². The average Bonchev–Trinajstić information content (AvgIpc) is 3.32. The number of allylic oxidation sites excluding steroid dienone is 1. The molecular formula is C20H12BrN5O2. The molecule has 0 aliphatic rings. The van der Waals surface area contributed by atoms with Crippen molar-refractivity contribution in [2.24, 2.45) is 5.73 Å². The standard InChI is InChI=1S/C20H12BrN5O2/c21-14-8-16-20(24-10-14)26-19(25-16)13(9-22)7-15-5-6-17(28-15)11-1-3-12(4-2-11)18(23)27/h1-8,10H,(H2,23,27)(H,24,25,26)/b13-7+. The number of aromatic amines is 1. The summed E-state index contributed by atoms with van der Waals surface area (Å²) >= 11 is 3.36. The number of carbonyl (C=O) groups excluding carboxylic acids is 1. The molecule has 0 saturated carbocycles. The summed E-state index contributed by atoms with van der Waals surface area (Å²) in [7, 11) is 0. The van der Waals surface area contributed by atoms with Crippen molar-refractivity contribution in [3.63, 3.8) is 0 Å². The molecule has 4 rings (SSSR count). The van der Waals surface area contributed by atoms with Crippen LogP contribution in [0.4, 0.5) is 0 Å². The zero-order valence-corrected chi connectivity index (χ0v) is 15.9. The molecule has 0 spiro atoms. The maximum atomic E-state index is 11.2. The SMILES string of the molecule is N#C/C(=C\c1ccc(-c2ccc(C(N)=O)cc2)o1)c1nc2ncc(Br)cc2[nH]1. The Balaban J connectivity index is 1.65. The van der Waals surface area contributed by atoms with Crippen LogP contribution in [0.2, 0.25) is 0 Å². The third-order valence-corrected chi connectivity index (χ3v) is 4.48. The molecule has 7 nitrogen and oxygen atoms in total. The van der Waals surface area contributed by atoms with Gasteiger partial charge in [-0.25, -0.2) is 9.97 Å². The third-order valence-electron chi connectivity index (χ3n) is 4.05. The third kappa shape index (κ3) is 3.43. The number of hydrogen-bond acceptors (Lipinski definition) is 5. The van der Waals surface area contributed by atoms with Crippen molar-refractivity contribution < 1.29 is 9.21 Å². The van der Waals surface area contributed by atoms with Crippen molar-refractivity contribution in [2.75, 3.05) is 0 Å². The molecule has 0 radical (unpaired) electrons. The fraction of sp³-hybridized carbons (Fsp3) is 0. The summed E-state index contributed by atoms with van der Waals surface area (Å²) < 4.78 is 6.62. The van der Waals surface area contributed by atoms with Crippen LogP contribution in [0.3, 0.4) is 0 Å². The lowest BCUT2D eigenvalue weighted by atomic mass is 10.1. The molecular weight excluding hydrogens is 422 g/mol. The zero-order chi connectivity index (χ0) is 19.7. The van der Waals surface area contributed by atoms with E-state index in [-0.39, 0.29) is 0 Å². The lowest BCUT2D eigenvalue weighted by Crippen LogP contribution is -2.10. The van der Waals surface area contributed by atoms with E-state index in [4.69, 9.17) is 10.2 Å². The smallest absolute Gasteiger partial charge is 0.248 e. The van der Waals surface area contributed by atoms with Crippen molar-refractivity contribution in [2.45, 2.75) is 0 Å². The first-order chi connectivity index (χ1) is 13.5. The number of halogens is 1. The van der Waals surface area contributed by atoms with Crippen LogP contribution in [0, 0.1) is 11.3 Å². The van der Waals surface area contributed by atoms with E-state index in [1.807, 2.05) is 6.07 Å². The predicted octanol–water partition coefficient (Wildman–Crippen LogP) is 4.14. The number of aromatic nitrogens is 3. The quantitative estimate of drug-likeness (QED) is 0.468. The minimum absolute atomic E-state index is 0.319. The minimum Gasteiger partial charge on any atom is -0.457 e. The normalized spacial score (nSPS) is 11.5. The maximum absolute atomic E-state index is 11.2. The highest BCUT2D eigenvalue weighted by Gasteiger charge is 2.11. The second-order valence-electron chi connectivity index (χ2n) is 5.92. The lowest BCUT2D eigenvalue weighted by Gasteiger charge is -1.99. The van der Waals surface area contributed by atoms with Gasteiger partial charge < -0.3 is 15.1 Å². The van der Waals surface area contributed by atoms with Gasteiger partial charge in [-0.2, -0.15) is 5.26 Å². The molecule has 0 aliphatic heterocycles. The molecule has 0 unspecified atom stereocenters. The number of carbonyl (C=O) groups is 1. The van der Waals surface area contributed by atoms with Gasteiger partial charge in [-0.1, -0.05) is 12.1 Å². The van der Waals surface area contributed by atoms with Crippen LogP contribution in [0.25, 0.3) is 34.1 Å². The molecule has 0 aliphatic carbocycles. The van der Waals surface area contributed by atoms with E-state index in [0.29, 0.717) is 34.1 Å². The number of nitrogens with two attached hydrogens (primary N) is 1. The second-order valence-corrected chi connectivity index (χ2v) is 6.84. The number of imidazole rings is 1. The molecule has 3 N–H and O–H groups in total. The number of fused-ring (bicyclic) bond motifs is 1. The Kier molecular flexibility index (Phi) is 4.51. The van der Waals surface area contributed by atoms with E-state index >= 15 is 0 Å². The minimum atomic E-state index is -0.486. The molecule has 0 fully saturated rings. The monoisotopic (exact) mass is 433 g/mol. The largest absolute Gasteiger partial charge is 0.457 e. The zero-order valence-electron chi connectivity index (χ0n) is 14.3. The van der Waals surface area contributed by atoms with Crippen molar-refractivity contribution in [1.29, 1.82) is 5.26 Å². The van der Waals surface area contributed by atoms with Gasteiger partial charge in [0.1, 0.15) is 17.6 Å². The first kappa shape index (κ1) is 17.7. The van der Waals surface area contributed by atoms with Crippen LogP contribution in [-0.4, -0.2) is 20.9 Å². The molecule has 136 valence electrons. The van der Waals surface area contributed by atoms with E-state index in [1.54, 1.807) is 48.7 Å². The number of hydrogen-bond donors (Lipinski definition) is 2. The molecule has 0 bridgehead atoms. The number of benzene rings is 1. The molecule has 3 heterocycles. The molecule has 1 amide bonds. The second kappa shape index (κ2) is 7.13. The van der Waals surface area contributed by atoms with Crippen LogP contribution in [0.15, 0.2) is 57.6 Å². The molecule has 1 aromatic carbocycles. The molecule has 0 saturated heterocycles. The lowest BCUT2D eigenvalue weighted by molar-refractivity contribution is 0.100. The Morgan fingerprint density at radius 1 is 1.25 bits per heavy atom. The van der Waals surface area contributed by atoms with Gasteiger partial charge in [0.25, 0.3) is 0 Å². The van der Waals surface area contributed by atoms with E-state index in [1.165, 1.54) is 0 Å². The molecule has 28 heavy (non-hydrogen) atoms. The highest BCUT2D eigenvalue weighted by atomic mass is 79.9. The van der Waals surface area contributed by atoms with Gasteiger partial charge >= 0.3 is 0 Å². The van der Waals surface area contributed by atoms with Crippen LogP contribution in [0.1, 0.15) is 21.9 Å². The van der Waals surface area contributed by atoms with Crippen molar-refractivity contribution in [1.82, 2.24) is 15.0 Å². The number of nitriles is 1. The highest BCUT2D eigenvalue weighted by molar-refractivity contribution is 9.10. The van der Waals surface area contributed by atoms with Crippen LogP contribution >= 0.6 is 15.9 Å². The van der Waals surface area contributed by atoms with E-state index in [2.05, 4.69) is 37.0 Å². The summed E-state index contributed by atoms with van der Waals surface area (Å²) in [6, 6.07) is 14.3. The number of amides is 1. The summed E-state index contributed by atoms with van der Waals surface area (Å²) in [5.41, 5.74) is 8.03. The van der Waals surface area contributed by atoms with Crippen molar-refractivity contribution in [3.05, 3.63) is 70.3 Å². The maximum Gasteiger partial charge on any atom is 0.248 e. The Bertz CT molecular complexity index is 1260. The first-order valence-corrected chi connectivity index (χ1v) is 8.96. The van der Waals surface area contributed by atoms with Crippen LogP contribution < -0.4 is 5.73 Å². The topological polar surface area (TPSA) is 122 Å². The summed E-state index contributed by atoms with van der Waals surface area (Å²) in [6.45, 7) is 0. The Hall–Kier alpha value is -3.70. The number of pyridine rings is 1. The molecule has 8 heteroatoms. The summed E-state index contributed by atoms with van der Waals surface area (Å²) in [5.74, 6) is 1.03. The number of nitrogens with zero attached hydrogens (tertiary/aromatic N) is 3. The first-order valence-electron chi connectivity index (χ1n) is 8.17. The van der Waals surface area contributed by atoms with Crippen molar-refractivity contribution >= 4 is 44.7 Å². The number of primary amides is 1. The number of H-pyrrole nitrogens is 1. The van der Waals surface area contributed by atoms with Gasteiger partial charge in [0, 0.05) is 27.9 Å². The molecule has 3 aromatic heterocycles. The summed E-state index contributed by atoms with van der Waals surface area (Å²) in [6.07, 6.45) is 3.25. The van der Waals surface area contributed by atoms with Crippen molar-refractivity contribution in [3.8, 4) is 17.4 Å². The van der Waals surface area contributed by atoms with Gasteiger partial charge in [0.15, 0.2) is 11.5 Å². The van der Waals surface area contributed by atoms with Crippen LogP contribution in [0.5, 0.6) is 0 Å². The van der Waals surface area contributed by atoms with Gasteiger partial charge in [-0.05, 0) is 46.3 Å². The van der Waals surface area contributed by atoms with Gasteiger partial charge in [0.2, 0.25) is 5.91 Å². The fourth-order valence-corrected chi connectivity index (χ4v) is 3.01. The molecule has 4 aromatic rings. The summed E-state index contributed by atoms with van der Waals surface area (Å²) in [4.78, 5) is 22.8. The van der Waals surface area contributed by atoms with Gasteiger partial charge in [-0.15, -0.1) is 0 Å². The highest BCUT2D eigenvalue weighted by Crippen LogP contribution is 2.26.